The van der Waals surface area contributed by atoms with Crippen molar-refractivity contribution in [2.24, 2.45) is 0 Å². The molecule has 1 heterocycles. The van der Waals surface area contributed by atoms with Crippen molar-refractivity contribution in [1.29, 1.82) is 0 Å². The molecule has 0 fully saturated rings. The summed E-state index contributed by atoms with van der Waals surface area (Å²) in [7, 11) is 0. The molecule has 1 aromatic rings. The lowest BCUT2D eigenvalue weighted by atomic mass is 10.1. The fraction of sp³-hybridized carbons (Fsp3) is 0.786. The number of aryl methyl sites for hydroxylation is 1. The van der Waals surface area contributed by atoms with E-state index in [1.807, 2.05) is 6.92 Å². The predicted octanol–water partition coefficient (Wildman–Crippen LogP) is 3.03. The number of nitrogens with zero attached hydrogens (tertiary/aromatic N) is 2. The van der Waals surface area contributed by atoms with E-state index in [1.165, 1.54) is 44.9 Å². The van der Waals surface area contributed by atoms with Crippen molar-refractivity contribution >= 4 is 5.82 Å². The van der Waals surface area contributed by atoms with E-state index in [1.54, 1.807) is 0 Å². The molecule has 0 saturated heterocycles. The molecule has 19 heavy (non-hydrogen) atoms. The molecule has 0 unspecified atom stereocenters. The van der Waals surface area contributed by atoms with E-state index in [4.69, 9.17) is 0 Å². The van der Waals surface area contributed by atoms with Crippen molar-refractivity contribution < 1.29 is 0 Å². The van der Waals surface area contributed by atoms with Gasteiger partial charge < -0.3 is 5.32 Å². The SMILES string of the molecule is CCCCCCCCCCNc1nc(=O)[nH]nc1C. The molecular weight excluding hydrogens is 240 g/mol. The molecule has 1 rings (SSSR count). The summed E-state index contributed by atoms with van der Waals surface area (Å²) in [5, 5.41) is 9.36. The second kappa shape index (κ2) is 9.53. The van der Waals surface area contributed by atoms with Gasteiger partial charge in [0.15, 0.2) is 5.82 Å². The molecule has 0 aliphatic rings. The molecule has 0 atom stereocenters. The molecule has 0 aliphatic carbocycles. The summed E-state index contributed by atoms with van der Waals surface area (Å²) in [6.07, 6.45) is 10.4. The minimum atomic E-state index is -0.399. The van der Waals surface area contributed by atoms with Crippen molar-refractivity contribution in [3.63, 3.8) is 0 Å². The number of anilines is 1. The van der Waals surface area contributed by atoms with Crippen molar-refractivity contribution in [1.82, 2.24) is 15.2 Å². The molecule has 0 radical (unpaired) electrons. The van der Waals surface area contributed by atoms with E-state index < -0.39 is 5.69 Å². The first kappa shape index (κ1) is 15.7. The van der Waals surface area contributed by atoms with Gasteiger partial charge in [-0.15, -0.1) is 0 Å². The van der Waals surface area contributed by atoms with Crippen LogP contribution in [0.3, 0.4) is 0 Å². The molecule has 0 saturated carbocycles. The zero-order chi connectivity index (χ0) is 13.9. The highest BCUT2D eigenvalue weighted by Gasteiger charge is 2.01. The Kier molecular flexibility index (Phi) is 7.86. The van der Waals surface area contributed by atoms with Gasteiger partial charge in [0.2, 0.25) is 0 Å². The van der Waals surface area contributed by atoms with Gasteiger partial charge >= 0.3 is 5.69 Å². The average Bonchev–Trinajstić information content (AvgIpc) is 2.40. The number of nitrogens with one attached hydrogen (secondary N) is 2. The lowest BCUT2D eigenvalue weighted by Gasteiger charge is -2.06. The molecule has 5 heteroatoms. The van der Waals surface area contributed by atoms with E-state index in [0.717, 1.165) is 18.7 Å². The van der Waals surface area contributed by atoms with Crippen LogP contribution in [0.25, 0.3) is 0 Å². The van der Waals surface area contributed by atoms with E-state index in [0.29, 0.717) is 5.82 Å². The molecule has 0 bridgehead atoms. The van der Waals surface area contributed by atoms with Gasteiger partial charge in [-0.3, -0.25) is 0 Å². The van der Waals surface area contributed by atoms with Gasteiger partial charge in [0.1, 0.15) is 5.69 Å². The first-order valence-corrected chi connectivity index (χ1v) is 7.41. The van der Waals surface area contributed by atoms with Crippen LogP contribution in [0, 0.1) is 6.92 Å². The van der Waals surface area contributed by atoms with Crippen molar-refractivity contribution in [3.8, 4) is 0 Å². The van der Waals surface area contributed by atoms with E-state index in [-0.39, 0.29) is 0 Å². The molecule has 0 aliphatic heterocycles. The Morgan fingerprint density at radius 3 is 2.37 bits per heavy atom. The zero-order valence-electron chi connectivity index (χ0n) is 12.2. The number of rotatable bonds is 10. The molecule has 0 aromatic carbocycles. The summed E-state index contributed by atoms with van der Waals surface area (Å²) in [5.74, 6) is 0.603. The van der Waals surface area contributed by atoms with Gasteiger partial charge in [0.05, 0.1) is 0 Å². The first-order valence-electron chi connectivity index (χ1n) is 7.41. The predicted molar refractivity (Wildman–Crippen MR) is 78.5 cm³/mol. The summed E-state index contributed by atoms with van der Waals surface area (Å²) in [6.45, 7) is 4.93. The zero-order valence-corrected chi connectivity index (χ0v) is 12.2. The highest BCUT2D eigenvalue weighted by Crippen LogP contribution is 2.09. The van der Waals surface area contributed by atoms with E-state index in [2.05, 4.69) is 27.4 Å². The fourth-order valence-corrected chi connectivity index (χ4v) is 2.03. The molecule has 0 spiro atoms. The summed E-state index contributed by atoms with van der Waals surface area (Å²) in [4.78, 5) is 14.9. The summed E-state index contributed by atoms with van der Waals surface area (Å²) in [5.41, 5.74) is 0.336. The number of aromatic nitrogens is 3. The van der Waals surface area contributed by atoms with Crippen LogP contribution in [-0.2, 0) is 0 Å². The third-order valence-electron chi connectivity index (χ3n) is 3.20. The molecule has 0 amide bonds. The Morgan fingerprint density at radius 1 is 1.05 bits per heavy atom. The number of hydrogen-bond acceptors (Lipinski definition) is 4. The maximum Gasteiger partial charge on any atom is 0.363 e. The third kappa shape index (κ3) is 6.94. The van der Waals surface area contributed by atoms with Crippen LogP contribution in [0.15, 0.2) is 4.79 Å². The first-order chi connectivity index (χ1) is 9.24. The quantitative estimate of drug-likeness (QED) is 0.639. The van der Waals surface area contributed by atoms with Crippen LogP contribution in [-0.4, -0.2) is 21.7 Å². The van der Waals surface area contributed by atoms with E-state index >= 15 is 0 Å². The Bertz CT molecular complexity index is 403. The van der Waals surface area contributed by atoms with Gasteiger partial charge in [-0.1, -0.05) is 51.9 Å². The van der Waals surface area contributed by atoms with E-state index in [9.17, 15) is 4.79 Å². The van der Waals surface area contributed by atoms with Crippen molar-refractivity contribution in [2.45, 2.75) is 65.2 Å². The standard InChI is InChI=1S/C14H26N4O/c1-3-4-5-6-7-8-9-10-11-15-13-12(2)17-18-14(19)16-13/h3-11H2,1-2H3,(H2,15,16,18,19). The number of unbranched alkanes of at least 4 members (excludes halogenated alkanes) is 7. The Labute approximate surface area is 115 Å². The topological polar surface area (TPSA) is 70.7 Å². The van der Waals surface area contributed by atoms with Crippen molar-refractivity contribution in [3.05, 3.63) is 16.2 Å². The fourth-order valence-electron chi connectivity index (χ4n) is 2.03. The maximum absolute atomic E-state index is 11.0. The monoisotopic (exact) mass is 266 g/mol. The minimum Gasteiger partial charge on any atom is -0.368 e. The van der Waals surface area contributed by atoms with Crippen LogP contribution in [0.2, 0.25) is 0 Å². The normalized spacial score (nSPS) is 10.6. The lowest BCUT2D eigenvalue weighted by molar-refractivity contribution is 0.581. The number of aromatic amines is 1. The maximum atomic E-state index is 11.0. The number of hydrogen-bond donors (Lipinski definition) is 2. The van der Waals surface area contributed by atoms with Crippen LogP contribution in [0.5, 0.6) is 0 Å². The van der Waals surface area contributed by atoms with Gasteiger partial charge in [-0.25, -0.2) is 9.89 Å². The van der Waals surface area contributed by atoms with Crippen LogP contribution >= 0.6 is 0 Å². The van der Waals surface area contributed by atoms with Gasteiger partial charge in [0, 0.05) is 6.54 Å². The highest BCUT2D eigenvalue weighted by molar-refractivity contribution is 5.37. The van der Waals surface area contributed by atoms with Gasteiger partial charge in [0.25, 0.3) is 0 Å². The molecule has 108 valence electrons. The number of H-pyrrole nitrogens is 1. The van der Waals surface area contributed by atoms with Crippen LogP contribution < -0.4 is 11.0 Å². The molecular formula is C14H26N4O. The molecule has 1 aromatic heterocycles. The summed E-state index contributed by atoms with van der Waals surface area (Å²) in [6, 6.07) is 0. The smallest absolute Gasteiger partial charge is 0.363 e. The summed E-state index contributed by atoms with van der Waals surface area (Å²) < 4.78 is 0. The minimum absolute atomic E-state index is 0.399. The van der Waals surface area contributed by atoms with Crippen LogP contribution in [0.1, 0.15) is 64.0 Å². The summed E-state index contributed by atoms with van der Waals surface area (Å²) >= 11 is 0. The largest absolute Gasteiger partial charge is 0.368 e. The Balaban J connectivity index is 2.04. The molecule has 5 nitrogen and oxygen atoms in total. The Morgan fingerprint density at radius 2 is 1.68 bits per heavy atom. The second-order valence-corrected chi connectivity index (χ2v) is 4.98. The Hall–Kier alpha value is -1.39. The third-order valence-corrected chi connectivity index (χ3v) is 3.20. The second-order valence-electron chi connectivity index (χ2n) is 4.98. The van der Waals surface area contributed by atoms with Gasteiger partial charge in [-0.05, 0) is 13.3 Å². The molecule has 2 N–H and O–H groups in total. The van der Waals surface area contributed by atoms with Crippen LogP contribution in [0.4, 0.5) is 5.82 Å². The van der Waals surface area contributed by atoms with Gasteiger partial charge in [-0.2, -0.15) is 10.1 Å². The van der Waals surface area contributed by atoms with Crippen molar-refractivity contribution in [2.75, 3.05) is 11.9 Å². The lowest BCUT2D eigenvalue weighted by Crippen LogP contribution is -2.17. The average molecular weight is 266 g/mol. The highest BCUT2D eigenvalue weighted by atomic mass is 16.1.